The molecule has 108 valence electrons. The fourth-order valence-electron chi connectivity index (χ4n) is 1.94. The topological polar surface area (TPSA) is 63.0 Å². The summed E-state index contributed by atoms with van der Waals surface area (Å²) >= 11 is 12.0. The average Bonchev–Trinajstić information content (AvgIpc) is 2.84. The lowest BCUT2D eigenvalue weighted by atomic mass is 10.1. The monoisotopic (exact) mass is 314 g/mol. The van der Waals surface area contributed by atoms with Gasteiger partial charge in [0.2, 0.25) is 0 Å². The summed E-state index contributed by atoms with van der Waals surface area (Å²) < 4.78 is 1.83. The van der Waals surface area contributed by atoms with Gasteiger partial charge in [-0.05, 0) is 25.1 Å². The van der Waals surface area contributed by atoms with Crippen molar-refractivity contribution in [2.24, 2.45) is 7.05 Å². The molecule has 0 bridgehead atoms. The van der Waals surface area contributed by atoms with Crippen LogP contribution in [0.5, 0.6) is 0 Å². The van der Waals surface area contributed by atoms with Gasteiger partial charge < -0.3 is 15.0 Å². The zero-order chi connectivity index (χ0) is 14.7. The Morgan fingerprint density at radius 3 is 2.80 bits per heavy atom. The lowest BCUT2D eigenvalue weighted by molar-refractivity contribution is 0.170. The molecule has 0 radical (unpaired) electrons. The van der Waals surface area contributed by atoms with E-state index in [-0.39, 0.29) is 6.04 Å². The third-order valence-electron chi connectivity index (χ3n) is 3.07. The number of nitrogens with one attached hydrogen (secondary N) is 1. The molecule has 2 N–H and O–H groups in total. The predicted molar refractivity (Wildman–Crippen MR) is 78.8 cm³/mol. The van der Waals surface area contributed by atoms with Crippen molar-refractivity contribution in [1.82, 2.24) is 20.1 Å². The van der Waals surface area contributed by atoms with E-state index >= 15 is 0 Å². The molecule has 5 nitrogen and oxygen atoms in total. The number of nitrogens with zero attached hydrogens (tertiary/aromatic N) is 3. The van der Waals surface area contributed by atoms with Crippen LogP contribution in [0.3, 0.4) is 0 Å². The normalized spacial score (nSPS) is 14.2. The van der Waals surface area contributed by atoms with E-state index in [1.54, 1.807) is 24.5 Å². The Bertz CT molecular complexity index is 588. The molecule has 2 aromatic rings. The van der Waals surface area contributed by atoms with Crippen LogP contribution in [0.4, 0.5) is 0 Å². The molecule has 0 aliphatic carbocycles. The van der Waals surface area contributed by atoms with E-state index in [9.17, 15) is 5.11 Å². The highest BCUT2D eigenvalue weighted by molar-refractivity contribution is 6.33. The summed E-state index contributed by atoms with van der Waals surface area (Å²) in [6.07, 6.45) is 0.898. The Hall–Kier alpha value is -1.14. The van der Waals surface area contributed by atoms with Crippen molar-refractivity contribution in [3.05, 3.63) is 46.0 Å². The van der Waals surface area contributed by atoms with Gasteiger partial charge in [0.15, 0.2) is 0 Å². The van der Waals surface area contributed by atoms with Crippen LogP contribution < -0.4 is 5.32 Å². The number of benzene rings is 1. The molecule has 0 fully saturated rings. The molecule has 0 saturated heterocycles. The number of halogens is 2. The Morgan fingerprint density at radius 2 is 2.15 bits per heavy atom. The lowest BCUT2D eigenvalue weighted by Gasteiger charge is -2.17. The van der Waals surface area contributed by atoms with E-state index < -0.39 is 6.10 Å². The Kier molecular flexibility index (Phi) is 4.99. The van der Waals surface area contributed by atoms with Crippen LogP contribution in [0.1, 0.15) is 30.5 Å². The summed E-state index contributed by atoms with van der Waals surface area (Å²) in [5.74, 6) is 0.800. The average molecular weight is 315 g/mol. The van der Waals surface area contributed by atoms with Crippen LogP contribution in [-0.4, -0.2) is 26.4 Å². The standard InChI is InChI=1S/C13H16Cl2N4O/c1-8(13-18-17-7-19(13)2)16-6-12(20)10-5-9(14)3-4-11(10)15/h3-5,7-8,12,16,20H,6H2,1-2H3. The van der Waals surface area contributed by atoms with E-state index in [1.807, 2.05) is 18.5 Å². The molecule has 1 aromatic heterocycles. The summed E-state index contributed by atoms with van der Waals surface area (Å²) in [4.78, 5) is 0. The van der Waals surface area contributed by atoms with Gasteiger partial charge in [-0.2, -0.15) is 0 Å². The minimum absolute atomic E-state index is 0.0323. The van der Waals surface area contributed by atoms with Gasteiger partial charge >= 0.3 is 0 Å². The first-order valence-corrected chi connectivity index (χ1v) is 6.95. The van der Waals surface area contributed by atoms with Crippen molar-refractivity contribution in [3.63, 3.8) is 0 Å². The number of hydrogen-bond acceptors (Lipinski definition) is 4. The first-order valence-electron chi connectivity index (χ1n) is 6.19. The van der Waals surface area contributed by atoms with Gasteiger partial charge in [0.05, 0.1) is 12.1 Å². The fraction of sp³-hybridized carbons (Fsp3) is 0.385. The highest BCUT2D eigenvalue weighted by Crippen LogP contribution is 2.26. The second-order valence-corrected chi connectivity index (χ2v) is 5.46. The molecule has 20 heavy (non-hydrogen) atoms. The molecule has 0 amide bonds. The maximum absolute atomic E-state index is 10.2. The van der Waals surface area contributed by atoms with E-state index in [0.717, 1.165) is 5.82 Å². The molecule has 0 aliphatic heterocycles. The number of hydrogen-bond donors (Lipinski definition) is 2. The van der Waals surface area contributed by atoms with Crippen molar-refractivity contribution in [2.45, 2.75) is 19.1 Å². The number of aryl methyl sites for hydroxylation is 1. The minimum atomic E-state index is -0.739. The number of aliphatic hydroxyl groups is 1. The van der Waals surface area contributed by atoms with E-state index in [2.05, 4.69) is 15.5 Å². The first-order chi connectivity index (χ1) is 9.49. The second kappa shape index (κ2) is 6.54. The van der Waals surface area contributed by atoms with Gasteiger partial charge in [-0.3, -0.25) is 0 Å². The fourth-order valence-corrected chi connectivity index (χ4v) is 2.37. The highest BCUT2D eigenvalue weighted by Gasteiger charge is 2.16. The van der Waals surface area contributed by atoms with Crippen LogP contribution in [0.15, 0.2) is 24.5 Å². The summed E-state index contributed by atoms with van der Waals surface area (Å²) in [5.41, 5.74) is 0.608. The number of aliphatic hydroxyl groups excluding tert-OH is 1. The summed E-state index contributed by atoms with van der Waals surface area (Å²) in [7, 11) is 1.87. The molecule has 2 atom stereocenters. The molecule has 1 heterocycles. The minimum Gasteiger partial charge on any atom is -0.387 e. The van der Waals surface area contributed by atoms with Crippen molar-refractivity contribution in [1.29, 1.82) is 0 Å². The largest absolute Gasteiger partial charge is 0.387 e. The molecular weight excluding hydrogens is 299 g/mol. The van der Waals surface area contributed by atoms with Crippen LogP contribution in [0.25, 0.3) is 0 Å². The van der Waals surface area contributed by atoms with Crippen LogP contribution in [-0.2, 0) is 7.05 Å². The predicted octanol–water partition coefficient (Wildman–Crippen LogP) is 2.51. The Balaban J connectivity index is 2.00. The van der Waals surface area contributed by atoms with E-state index in [0.29, 0.717) is 22.2 Å². The third-order valence-corrected chi connectivity index (χ3v) is 3.65. The van der Waals surface area contributed by atoms with Crippen LogP contribution in [0.2, 0.25) is 10.0 Å². The van der Waals surface area contributed by atoms with Crippen molar-refractivity contribution in [3.8, 4) is 0 Å². The van der Waals surface area contributed by atoms with Gasteiger partial charge in [0.25, 0.3) is 0 Å². The maximum atomic E-state index is 10.2. The Morgan fingerprint density at radius 1 is 1.40 bits per heavy atom. The van der Waals surface area contributed by atoms with E-state index in [4.69, 9.17) is 23.2 Å². The van der Waals surface area contributed by atoms with Crippen molar-refractivity contribution in [2.75, 3.05) is 6.54 Å². The van der Waals surface area contributed by atoms with Gasteiger partial charge in [0.1, 0.15) is 12.2 Å². The maximum Gasteiger partial charge on any atom is 0.149 e. The van der Waals surface area contributed by atoms with E-state index in [1.165, 1.54) is 0 Å². The van der Waals surface area contributed by atoms with Gasteiger partial charge in [-0.1, -0.05) is 23.2 Å². The van der Waals surface area contributed by atoms with Crippen molar-refractivity contribution < 1.29 is 5.11 Å². The summed E-state index contributed by atoms with van der Waals surface area (Å²) in [6.45, 7) is 2.30. The van der Waals surface area contributed by atoms with Crippen LogP contribution >= 0.6 is 23.2 Å². The molecule has 2 rings (SSSR count). The van der Waals surface area contributed by atoms with Gasteiger partial charge in [-0.25, -0.2) is 0 Å². The van der Waals surface area contributed by atoms with Gasteiger partial charge in [-0.15, -0.1) is 10.2 Å². The molecule has 1 aromatic carbocycles. The SMILES string of the molecule is CC(NCC(O)c1cc(Cl)ccc1Cl)c1nncn1C. The van der Waals surface area contributed by atoms with Crippen LogP contribution in [0, 0.1) is 0 Å². The highest BCUT2D eigenvalue weighted by atomic mass is 35.5. The van der Waals surface area contributed by atoms with Gasteiger partial charge in [0, 0.05) is 29.2 Å². The third kappa shape index (κ3) is 3.49. The van der Waals surface area contributed by atoms with Crippen molar-refractivity contribution >= 4 is 23.2 Å². The zero-order valence-electron chi connectivity index (χ0n) is 11.2. The molecule has 2 unspecified atom stereocenters. The molecule has 0 saturated carbocycles. The quantitative estimate of drug-likeness (QED) is 0.890. The molecule has 0 aliphatic rings. The summed E-state index contributed by atoms with van der Waals surface area (Å²) in [6, 6.07) is 5.00. The molecule has 0 spiro atoms. The lowest BCUT2D eigenvalue weighted by Crippen LogP contribution is -2.26. The Labute approximate surface area is 127 Å². The number of aromatic nitrogens is 3. The number of rotatable bonds is 5. The summed E-state index contributed by atoms with van der Waals surface area (Å²) in [5, 5.41) is 22.3. The molecular formula is C13H16Cl2N4O. The zero-order valence-corrected chi connectivity index (χ0v) is 12.7. The smallest absolute Gasteiger partial charge is 0.149 e. The molecule has 7 heteroatoms. The second-order valence-electron chi connectivity index (χ2n) is 4.61. The first kappa shape index (κ1) is 15.3.